The van der Waals surface area contributed by atoms with Gasteiger partial charge in [0.2, 0.25) is 0 Å². The van der Waals surface area contributed by atoms with Crippen molar-refractivity contribution in [3.05, 3.63) is 76.8 Å². The highest BCUT2D eigenvalue weighted by Gasteiger charge is 2.39. The van der Waals surface area contributed by atoms with Gasteiger partial charge in [-0.15, -0.1) is 10.2 Å². The van der Waals surface area contributed by atoms with Gasteiger partial charge in [-0.25, -0.2) is 0 Å². The number of phenolic OH excluding ortho intramolecular Hbond substituents is 1. The zero-order valence-electron chi connectivity index (χ0n) is 22.6. The first-order valence-corrected chi connectivity index (χ1v) is 13.8. The Bertz CT molecular complexity index is 1420. The minimum Gasteiger partial charge on any atom is -0.507 e. The highest BCUT2D eigenvalue weighted by atomic mass is 79.9. The van der Waals surface area contributed by atoms with Crippen LogP contribution in [-0.4, -0.2) is 39.5 Å². The molecular weight excluding hydrogens is 540 g/mol. The van der Waals surface area contributed by atoms with Gasteiger partial charge in [0.25, 0.3) is 0 Å². The van der Waals surface area contributed by atoms with Crippen LogP contribution in [0.5, 0.6) is 11.5 Å². The van der Waals surface area contributed by atoms with Crippen LogP contribution in [0.2, 0.25) is 0 Å². The zero-order valence-corrected chi connectivity index (χ0v) is 24.2. The molecule has 2 N–H and O–H groups in total. The molecule has 0 bridgehead atoms. The van der Waals surface area contributed by atoms with Crippen molar-refractivity contribution < 1.29 is 9.84 Å². The average molecular weight is 576 g/mol. The van der Waals surface area contributed by atoms with E-state index in [0.717, 1.165) is 46.3 Å². The molecule has 1 aromatic heterocycles. The van der Waals surface area contributed by atoms with Gasteiger partial charge in [0, 0.05) is 35.1 Å². The van der Waals surface area contributed by atoms with Crippen LogP contribution >= 0.6 is 15.9 Å². The maximum absolute atomic E-state index is 10.2. The number of ether oxygens (including phenoxy) is 1. The molecular formula is C31H35BrN4O2. The standard InChI is InChI=1S/C31H35BrN4O2/c1-30(2)17-22(18-31(3,4)35-30)36(5)28-14-12-25(33-34-28)24-15-21-11-13-26(37)29(32)23(21)16-27(24)38-19-20-9-7-6-8-10-20/h6-16,22,35,37H,17-19H2,1-5H3. The number of benzene rings is 3. The van der Waals surface area contributed by atoms with Gasteiger partial charge in [0.05, 0.1) is 10.2 Å². The van der Waals surface area contributed by atoms with Crippen LogP contribution in [0.25, 0.3) is 22.0 Å². The van der Waals surface area contributed by atoms with Crippen molar-refractivity contribution in [3.8, 4) is 22.8 Å². The topological polar surface area (TPSA) is 70.5 Å². The molecule has 38 heavy (non-hydrogen) atoms. The maximum Gasteiger partial charge on any atom is 0.151 e. The van der Waals surface area contributed by atoms with Crippen LogP contribution in [0.15, 0.2) is 71.2 Å². The first kappa shape index (κ1) is 26.4. The molecule has 0 saturated carbocycles. The number of nitrogens with zero attached hydrogens (tertiary/aromatic N) is 3. The fraction of sp³-hybridized carbons (Fsp3) is 0.355. The summed E-state index contributed by atoms with van der Waals surface area (Å²) in [6.07, 6.45) is 2.06. The van der Waals surface area contributed by atoms with Gasteiger partial charge < -0.3 is 20.1 Å². The average Bonchev–Trinajstić information content (AvgIpc) is 2.88. The van der Waals surface area contributed by atoms with Crippen LogP contribution in [0.3, 0.4) is 0 Å². The number of halogens is 1. The molecule has 1 aliphatic rings. The number of aromatic hydroxyl groups is 1. The van der Waals surface area contributed by atoms with E-state index in [4.69, 9.17) is 4.74 Å². The van der Waals surface area contributed by atoms with Crippen LogP contribution < -0.4 is 15.0 Å². The normalized spacial score (nSPS) is 16.9. The summed E-state index contributed by atoms with van der Waals surface area (Å²) in [7, 11) is 2.11. The number of piperidine rings is 1. The van der Waals surface area contributed by atoms with Crippen molar-refractivity contribution in [2.45, 2.75) is 64.3 Å². The number of hydrogen-bond acceptors (Lipinski definition) is 6. The fourth-order valence-electron chi connectivity index (χ4n) is 5.75. The predicted molar refractivity (Wildman–Crippen MR) is 158 cm³/mol. The Balaban J connectivity index is 1.47. The van der Waals surface area contributed by atoms with Gasteiger partial charge in [-0.05, 0) is 97.7 Å². The molecule has 3 aromatic carbocycles. The summed E-state index contributed by atoms with van der Waals surface area (Å²) in [6, 6.07) is 22.1. The van der Waals surface area contributed by atoms with E-state index in [-0.39, 0.29) is 16.8 Å². The SMILES string of the molecule is CN(c1ccc(-c2cc3ccc(O)c(Br)c3cc2OCc2ccccc2)nn1)C1CC(C)(C)NC(C)(C)C1. The van der Waals surface area contributed by atoms with Crippen molar-refractivity contribution in [1.29, 1.82) is 0 Å². The smallest absolute Gasteiger partial charge is 0.151 e. The Morgan fingerprint density at radius 1 is 0.974 bits per heavy atom. The van der Waals surface area contributed by atoms with Crippen LogP contribution in [0, 0.1) is 0 Å². The van der Waals surface area contributed by atoms with E-state index in [2.05, 4.69) is 71.1 Å². The Morgan fingerprint density at radius 3 is 2.34 bits per heavy atom. The Hall–Kier alpha value is -3.16. The lowest BCUT2D eigenvalue weighted by molar-refractivity contribution is 0.160. The zero-order chi connectivity index (χ0) is 27.1. The van der Waals surface area contributed by atoms with Crippen molar-refractivity contribution in [2.24, 2.45) is 0 Å². The third kappa shape index (κ3) is 5.64. The third-order valence-electron chi connectivity index (χ3n) is 7.28. The summed E-state index contributed by atoms with van der Waals surface area (Å²) >= 11 is 3.53. The lowest BCUT2D eigenvalue weighted by Gasteiger charge is -2.49. The number of fused-ring (bicyclic) bond motifs is 1. The number of anilines is 1. The number of phenols is 1. The summed E-state index contributed by atoms with van der Waals surface area (Å²) in [6.45, 7) is 9.47. The van der Waals surface area contributed by atoms with Gasteiger partial charge >= 0.3 is 0 Å². The second-order valence-electron chi connectivity index (χ2n) is 11.6. The van der Waals surface area contributed by atoms with E-state index in [1.165, 1.54) is 0 Å². The molecule has 1 saturated heterocycles. The first-order valence-electron chi connectivity index (χ1n) is 13.0. The molecule has 0 spiro atoms. The van der Waals surface area contributed by atoms with Gasteiger partial charge in [-0.3, -0.25) is 0 Å². The Labute approximate surface area is 233 Å². The summed E-state index contributed by atoms with van der Waals surface area (Å²) in [5.74, 6) is 1.73. The molecule has 0 amide bonds. The molecule has 4 aromatic rings. The summed E-state index contributed by atoms with van der Waals surface area (Å²) in [5.41, 5.74) is 2.77. The highest BCUT2D eigenvalue weighted by Crippen LogP contribution is 2.40. The quantitative estimate of drug-likeness (QED) is 0.256. The molecule has 0 atom stereocenters. The van der Waals surface area contributed by atoms with Gasteiger partial charge in [-0.1, -0.05) is 36.4 Å². The van der Waals surface area contributed by atoms with Crippen molar-refractivity contribution in [3.63, 3.8) is 0 Å². The Kier molecular flexibility index (Phi) is 7.09. The third-order valence-corrected chi connectivity index (χ3v) is 8.11. The molecule has 1 fully saturated rings. The molecule has 2 heterocycles. The van der Waals surface area contributed by atoms with E-state index in [9.17, 15) is 5.11 Å². The molecule has 6 nitrogen and oxygen atoms in total. The minimum absolute atomic E-state index is 0.0485. The largest absolute Gasteiger partial charge is 0.507 e. The van der Waals surface area contributed by atoms with Gasteiger partial charge in [0.1, 0.15) is 18.1 Å². The highest BCUT2D eigenvalue weighted by molar-refractivity contribution is 9.10. The second kappa shape index (κ2) is 10.2. The van der Waals surface area contributed by atoms with Crippen LogP contribution in [0.4, 0.5) is 5.82 Å². The molecule has 0 unspecified atom stereocenters. The van der Waals surface area contributed by atoms with Crippen molar-refractivity contribution in [1.82, 2.24) is 15.5 Å². The van der Waals surface area contributed by atoms with Gasteiger partial charge in [0.15, 0.2) is 5.82 Å². The van der Waals surface area contributed by atoms with Crippen LogP contribution in [0.1, 0.15) is 46.1 Å². The second-order valence-corrected chi connectivity index (χ2v) is 12.4. The molecule has 0 radical (unpaired) electrons. The number of hydrogen-bond donors (Lipinski definition) is 2. The van der Waals surface area contributed by atoms with E-state index in [1.54, 1.807) is 6.07 Å². The Morgan fingerprint density at radius 2 is 1.68 bits per heavy atom. The summed E-state index contributed by atoms with van der Waals surface area (Å²) in [5, 5.41) is 25.1. The molecule has 5 rings (SSSR count). The molecule has 198 valence electrons. The fourth-order valence-corrected chi connectivity index (χ4v) is 6.22. The molecule has 7 heteroatoms. The number of nitrogens with one attached hydrogen (secondary N) is 1. The summed E-state index contributed by atoms with van der Waals surface area (Å²) < 4.78 is 6.95. The number of rotatable bonds is 6. The van der Waals surface area contributed by atoms with E-state index in [0.29, 0.717) is 22.9 Å². The lowest BCUT2D eigenvalue weighted by Crippen LogP contribution is -2.62. The molecule has 0 aliphatic carbocycles. The maximum atomic E-state index is 10.2. The molecule has 1 aliphatic heterocycles. The van der Waals surface area contributed by atoms with E-state index >= 15 is 0 Å². The number of aromatic nitrogens is 2. The monoisotopic (exact) mass is 574 g/mol. The van der Waals surface area contributed by atoms with Crippen molar-refractivity contribution in [2.75, 3.05) is 11.9 Å². The summed E-state index contributed by atoms with van der Waals surface area (Å²) in [4.78, 5) is 2.26. The van der Waals surface area contributed by atoms with Gasteiger partial charge in [-0.2, -0.15) is 0 Å². The minimum atomic E-state index is 0.0485. The van der Waals surface area contributed by atoms with Crippen molar-refractivity contribution >= 4 is 32.5 Å². The van der Waals surface area contributed by atoms with E-state index < -0.39 is 0 Å². The first-order chi connectivity index (χ1) is 18.0. The van der Waals surface area contributed by atoms with E-state index in [1.807, 2.05) is 60.7 Å². The van der Waals surface area contributed by atoms with Crippen LogP contribution in [-0.2, 0) is 6.61 Å². The lowest BCUT2D eigenvalue weighted by atomic mass is 9.79. The predicted octanol–water partition coefficient (Wildman–Crippen LogP) is 7.09.